The third-order valence-electron chi connectivity index (χ3n) is 9.51. The molecular weight excluding hydrogens is 490 g/mol. The summed E-state index contributed by atoms with van der Waals surface area (Å²) in [7, 11) is 1.55. The maximum atomic E-state index is 13.4. The van der Waals surface area contributed by atoms with Gasteiger partial charge in [-0.05, 0) is 81.2 Å². The van der Waals surface area contributed by atoms with Gasteiger partial charge in [0.1, 0.15) is 5.54 Å². The fourth-order valence-corrected chi connectivity index (χ4v) is 6.25. The number of nitrogens with zero attached hydrogens (tertiary/aromatic N) is 1. The number of aliphatic carboxylic acids is 1. The standard InChI is InChI=1S/C33H45NO5/c1-8-31(6,30(37)38)34(7)29(36)27-16-14-25(20-23(27)5)33(9-2,10-3)24-13-15-26(22(4)19-24)28(35)21-32(39)17-11-12-18-32/h13-16,19-20,39H,8-12,17-18,21H2,1-7H3,(H,37,38). The van der Waals surface area contributed by atoms with Crippen LogP contribution in [0.1, 0.15) is 122 Å². The molecule has 2 aromatic rings. The van der Waals surface area contributed by atoms with E-state index in [1.807, 2.05) is 44.2 Å². The first-order valence-corrected chi connectivity index (χ1v) is 14.3. The summed E-state index contributed by atoms with van der Waals surface area (Å²) in [5, 5.41) is 20.5. The van der Waals surface area contributed by atoms with Crippen LogP contribution in [0.2, 0.25) is 0 Å². The van der Waals surface area contributed by atoms with Crippen molar-refractivity contribution in [3.05, 3.63) is 69.8 Å². The predicted molar refractivity (Wildman–Crippen MR) is 155 cm³/mol. The van der Waals surface area contributed by atoms with Gasteiger partial charge in [-0.3, -0.25) is 9.59 Å². The summed E-state index contributed by atoms with van der Waals surface area (Å²) in [6.45, 7) is 11.5. The van der Waals surface area contributed by atoms with E-state index in [1.54, 1.807) is 20.9 Å². The minimum atomic E-state index is -1.29. The van der Waals surface area contributed by atoms with Gasteiger partial charge in [0, 0.05) is 30.0 Å². The van der Waals surface area contributed by atoms with Crippen molar-refractivity contribution in [2.75, 3.05) is 7.05 Å². The van der Waals surface area contributed by atoms with Gasteiger partial charge >= 0.3 is 5.97 Å². The number of aliphatic hydroxyl groups is 1. The van der Waals surface area contributed by atoms with Gasteiger partial charge < -0.3 is 15.1 Å². The molecule has 0 radical (unpaired) electrons. The SMILES string of the molecule is CCC(CC)(c1ccc(C(=O)CC2(O)CCCC2)c(C)c1)c1ccc(C(=O)N(C)C(C)(CC)C(=O)O)c(C)c1. The van der Waals surface area contributed by atoms with E-state index in [1.165, 1.54) is 4.90 Å². The Bertz CT molecular complexity index is 1240. The van der Waals surface area contributed by atoms with Gasteiger partial charge in [-0.25, -0.2) is 4.79 Å². The topological polar surface area (TPSA) is 94.9 Å². The van der Waals surface area contributed by atoms with Gasteiger partial charge in [0.15, 0.2) is 5.78 Å². The number of carbonyl (C=O) groups is 3. The number of aryl methyl sites for hydroxylation is 2. The Morgan fingerprint density at radius 3 is 1.77 bits per heavy atom. The second-order valence-corrected chi connectivity index (χ2v) is 11.7. The molecule has 6 heteroatoms. The van der Waals surface area contributed by atoms with Gasteiger partial charge in [-0.15, -0.1) is 0 Å². The number of carbonyl (C=O) groups excluding carboxylic acids is 2. The second-order valence-electron chi connectivity index (χ2n) is 11.7. The third-order valence-corrected chi connectivity index (χ3v) is 9.51. The Morgan fingerprint density at radius 1 is 0.872 bits per heavy atom. The molecule has 1 aliphatic carbocycles. The summed E-state index contributed by atoms with van der Waals surface area (Å²) in [5.74, 6) is -1.35. The number of hydrogen-bond donors (Lipinski definition) is 2. The number of carboxylic acid groups (broad SMARTS) is 1. The molecule has 6 nitrogen and oxygen atoms in total. The van der Waals surface area contributed by atoms with Crippen LogP contribution < -0.4 is 0 Å². The first kappa shape index (κ1) is 30.6. The highest BCUT2D eigenvalue weighted by atomic mass is 16.4. The van der Waals surface area contributed by atoms with E-state index in [-0.39, 0.29) is 23.5 Å². The molecule has 1 amide bonds. The van der Waals surface area contributed by atoms with Gasteiger partial charge in [-0.1, -0.05) is 63.9 Å². The monoisotopic (exact) mass is 535 g/mol. The fraction of sp³-hybridized carbons (Fsp3) is 0.545. The van der Waals surface area contributed by atoms with Crippen molar-refractivity contribution in [1.29, 1.82) is 0 Å². The molecule has 39 heavy (non-hydrogen) atoms. The quantitative estimate of drug-likeness (QED) is 0.316. The molecule has 1 fully saturated rings. The van der Waals surface area contributed by atoms with Gasteiger partial charge in [0.25, 0.3) is 5.91 Å². The van der Waals surface area contributed by atoms with Crippen molar-refractivity contribution < 1.29 is 24.6 Å². The molecule has 0 saturated heterocycles. The average molecular weight is 536 g/mol. The van der Waals surface area contributed by atoms with Crippen LogP contribution in [0.4, 0.5) is 0 Å². The smallest absolute Gasteiger partial charge is 0.329 e. The van der Waals surface area contributed by atoms with Crippen molar-refractivity contribution >= 4 is 17.7 Å². The van der Waals surface area contributed by atoms with E-state index in [0.717, 1.165) is 47.9 Å². The van der Waals surface area contributed by atoms with Crippen LogP contribution >= 0.6 is 0 Å². The predicted octanol–water partition coefficient (Wildman–Crippen LogP) is 6.61. The van der Waals surface area contributed by atoms with Crippen LogP contribution in [0.15, 0.2) is 36.4 Å². The van der Waals surface area contributed by atoms with Crippen molar-refractivity contribution in [3.8, 4) is 0 Å². The van der Waals surface area contributed by atoms with Gasteiger partial charge in [0.05, 0.1) is 5.60 Å². The molecule has 1 unspecified atom stereocenters. The Balaban J connectivity index is 1.96. The summed E-state index contributed by atoms with van der Waals surface area (Å²) < 4.78 is 0. The highest BCUT2D eigenvalue weighted by molar-refractivity contribution is 5.99. The highest BCUT2D eigenvalue weighted by Gasteiger charge is 2.40. The van der Waals surface area contributed by atoms with Crippen molar-refractivity contribution in [2.24, 2.45) is 0 Å². The Kier molecular flexibility index (Phi) is 9.11. The van der Waals surface area contributed by atoms with Crippen molar-refractivity contribution in [3.63, 3.8) is 0 Å². The van der Waals surface area contributed by atoms with E-state index < -0.39 is 17.1 Å². The number of benzene rings is 2. The number of hydrogen-bond acceptors (Lipinski definition) is 4. The van der Waals surface area contributed by atoms with Gasteiger partial charge in [-0.2, -0.15) is 0 Å². The normalized spacial score (nSPS) is 16.5. The molecular formula is C33H45NO5. The highest BCUT2D eigenvalue weighted by Crippen LogP contribution is 2.41. The fourth-order valence-electron chi connectivity index (χ4n) is 6.25. The zero-order valence-electron chi connectivity index (χ0n) is 24.7. The molecule has 0 heterocycles. The molecule has 3 rings (SSSR count). The zero-order valence-corrected chi connectivity index (χ0v) is 24.7. The lowest BCUT2D eigenvalue weighted by Gasteiger charge is -2.36. The minimum Gasteiger partial charge on any atom is -0.480 e. The molecule has 0 spiro atoms. The maximum Gasteiger partial charge on any atom is 0.329 e. The van der Waals surface area contributed by atoms with Crippen molar-refractivity contribution in [2.45, 2.75) is 109 Å². The Labute approximate surface area is 233 Å². The molecule has 0 aliphatic heterocycles. The third kappa shape index (κ3) is 5.67. The molecule has 1 aliphatic rings. The maximum absolute atomic E-state index is 13.4. The molecule has 0 aromatic heterocycles. The average Bonchev–Trinajstić information content (AvgIpc) is 3.33. The number of rotatable bonds is 11. The molecule has 2 N–H and O–H groups in total. The summed E-state index contributed by atoms with van der Waals surface area (Å²) in [4.78, 5) is 39.7. The molecule has 1 atom stereocenters. The second kappa shape index (κ2) is 11.6. The minimum absolute atomic E-state index is 0.00897. The molecule has 1 saturated carbocycles. The molecule has 0 bridgehead atoms. The van der Waals surface area contributed by atoms with Gasteiger partial charge in [0.2, 0.25) is 0 Å². The van der Waals surface area contributed by atoms with E-state index in [9.17, 15) is 24.6 Å². The number of carboxylic acids is 1. The summed E-state index contributed by atoms with van der Waals surface area (Å²) in [6, 6.07) is 11.9. The van der Waals surface area contributed by atoms with E-state index in [0.29, 0.717) is 30.4 Å². The van der Waals surface area contributed by atoms with Crippen LogP contribution in [-0.2, 0) is 10.2 Å². The summed E-state index contributed by atoms with van der Waals surface area (Å²) >= 11 is 0. The lowest BCUT2D eigenvalue weighted by molar-refractivity contribution is -0.148. The van der Waals surface area contributed by atoms with Crippen LogP contribution in [0.5, 0.6) is 0 Å². The number of ketones is 1. The number of amides is 1. The van der Waals surface area contributed by atoms with Crippen LogP contribution in [0, 0.1) is 13.8 Å². The molecule has 212 valence electrons. The number of Topliss-reactive ketones (excluding diaryl/α,β-unsaturated/α-hetero) is 1. The lowest BCUT2D eigenvalue weighted by atomic mass is 9.69. The molecule has 2 aromatic carbocycles. The van der Waals surface area contributed by atoms with E-state index in [4.69, 9.17) is 0 Å². The largest absolute Gasteiger partial charge is 0.480 e. The summed E-state index contributed by atoms with van der Waals surface area (Å²) in [6.07, 6.45) is 5.43. The van der Waals surface area contributed by atoms with E-state index >= 15 is 0 Å². The Hall–Kier alpha value is -2.99. The Morgan fingerprint density at radius 2 is 1.36 bits per heavy atom. The first-order valence-electron chi connectivity index (χ1n) is 14.3. The van der Waals surface area contributed by atoms with Crippen LogP contribution in [0.3, 0.4) is 0 Å². The van der Waals surface area contributed by atoms with Crippen molar-refractivity contribution in [1.82, 2.24) is 4.90 Å². The number of likely N-dealkylation sites (N-methyl/N-ethyl adjacent to an activating group) is 1. The summed E-state index contributed by atoms with van der Waals surface area (Å²) in [5.41, 5.74) is 2.58. The van der Waals surface area contributed by atoms with Crippen LogP contribution in [0.25, 0.3) is 0 Å². The first-order chi connectivity index (χ1) is 18.3. The van der Waals surface area contributed by atoms with E-state index in [2.05, 4.69) is 19.9 Å². The zero-order chi connectivity index (χ0) is 29.2. The lowest BCUT2D eigenvalue weighted by Crippen LogP contribution is -2.52. The van der Waals surface area contributed by atoms with Crippen LogP contribution in [-0.4, -0.2) is 51.0 Å².